The second-order valence-electron chi connectivity index (χ2n) is 5.40. The second-order valence-corrected chi connectivity index (χ2v) is 5.40. The van der Waals surface area contributed by atoms with Gasteiger partial charge in [0, 0.05) is 11.8 Å². The van der Waals surface area contributed by atoms with Crippen LogP contribution in [0.2, 0.25) is 0 Å². The van der Waals surface area contributed by atoms with E-state index in [1.54, 1.807) is 24.3 Å². The summed E-state index contributed by atoms with van der Waals surface area (Å²) in [4.78, 5) is 22.5. The second kappa shape index (κ2) is 8.02. The summed E-state index contributed by atoms with van der Waals surface area (Å²) in [6, 6.07) is 9.44. The van der Waals surface area contributed by atoms with Gasteiger partial charge in [-0.3, -0.25) is 10.1 Å². The zero-order valence-electron chi connectivity index (χ0n) is 13.2. The molecule has 0 saturated carbocycles. The van der Waals surface area contributed by atoms with Crippen LogP contribution in [0.1, 0.15) is 11.1 Å². The van der Waals surface area contributed by atoms with Gasteiger partial charge >= 0.3 is 12.1 Å². The number of aromatic hydroxyl groups is 2. The molecule has 0 aliphatic rings. The van der Waals surface area contributed by atoms with Gasteiger partial charge in [0.05, 0.1) is 0 Å². The molecule has 0 saturated heterocycles. The van der Waals surface area contributed by atoms with E-state index in [-0.39, 0.29) is 24.5 Å². The van der Waals surface area contributed by atoms with E-state index in [0.717, 1.165) is 5.56 Å². The monoisotopic (exact) mass is 346 g/mol. The number of amides is 1. The highest BCUT2D eigenvalue weighted by atomic mass is 16.5. The van der Waals surface area contributed by atoms with Gasteiger partial charge in [0.1, 0.15) is 24.1 Å². The van der Waals surface area contributed by atoms with Crippen LogP contribution in [0.3, 0.4) is 0 Å². The molecule has 0 aromatic heterocycles. The molecule has 0 aliphatic carbocycles. The van der Waals surface area contributed by atoms with E-state index in [0.29, 0.717) is 11.3 Å². The number of rotatable bonds is 6. The summed E-state index contributed by atoms with van der Waals surface area (Å²) < 4.78 is 5.00. The van der Waals surface area contributed by atoms with Crippen molar-refractivity contribution in [1.29, 1.82) is 0 Å². The summed E-state index contributed by atoms with van der Waals surface area (Å²) >= 11 is 0. The number of carbonyl (C=O) groups excluding carboxylic acids is 1. The average Bonchev–Trinajstić information content (AvgIpc) is 2.54. The highest BCUT2D eigenvalue weighted by Crippen LogP contribution is 2.21. The molecule has 0 bridgehead atoms. The molecular weight excluding hydrogens is 328 g/mol. The number of benzene rings is 2. The minimum absolute atomic E-state index is 0.126. The number of aliphatic carboxylic acids is 1. The molecule has 6 N–H and O–H groups in total. The lowest BCUT2D eigenvalue weighted by molar-refractivity contribution is -0.138. The maximum atomic E-state index is 11.8. The Morgan fingerprint density at radius 3 is 2.20 bits per heavy atom. The van der Waals surface area contributed by atoms with Crippen LogP contribution in [-0.2, 0) is 22.6 Å². The highest BCUT2D eigenvalue weighted by molar-refractivity contribution is 5.84. The molecule has 2 rings (SSSR count). The van der Waals surface area contributed by atoms with Crippen LogP contribution in [0.4, 0.5) is 10.5 Å². The van der Waals surface area contributed by atoms with Crippen molar-refractivity contribution in [1.82, 2.24) is 0 Å². The van der Waals surface area contributed by atoms with E-state index in [1.165, 1.54) is 18.2 Å². The smallest absolute Gasteiger partial charge is 0.411 e. The Balaban J connectivity index is 1.86. The third kappa shape index (κ3) is 5.70. The van der Waals surface area contributed by atoms with Crippen LogP contribution in [0.5, 0.6) is 11.5 Å². The molecule has 8 nitrogen and oxygen atoms in total. The summed E-state index contributed by atoms with van der Waals surface area (Å²) in [5, 5.41) is 30.0. The molecule has 0 unspecified atom stereocenters. The van der Waals surface area contributed by atoms with Crippen molar-refractivity contribution in [3.05, 3.63) is 53.6 Å². The quantitative estimate of drug-likeness (QED) is 0.537. The molecular formula is C17H18N2O6. The van der Waals surface area contributed by atoms with E-state index < -0.39 is 18.1 Å². The first-order chi connectivity index (χ1) is 11.8. The van der Waals surface area contributed by atoms with Gasteiger partial charge in [-0.15, -0.1) is 0 Å². The van der Waals surface area contributed by atoms with Crippen molar-refractivity contribution in [2.45, 2.75) is 19.1 Å². The van der Waals surface area contributed by atoms with Crippen LogP contribution in [0.25, 0.3) is 0 Å². The third-order valence-electron chi connectivity index (χ3n) is 3.31. The first kappa shape index (κ1) is 18.1. The lowest BCUT2D eigenvalue weighted by atomic mass is 10.1. The SMILES string of the molecule is N[C@@H](Cc1ccc(NC(=O)OCc2cc(O)cc(O)c2)cc1)C(=O)O. The van der Waals surface area contributed by atoms with Crippen molar-refractivity contribution in [3.63, 3.8) is 0 Å². The largest absolute Gasteiger partial charge is 0.508 e. The van der Waals surface area contributed by atoms with E-state index in [9.17, 15) is 19.8 Å². The number of carboxylic acids is 1. The molecule has 0 fully saturated rings. The van der Waals surface area contributed by atoms with Crippen molar-refractivity contribution in [2.24, 2.45) is 5.73 Å². The zero-order valence-corrected chi connectivity index (χ0v) is 13.2. The zero-order chi connectivity index (χ0) is 18.4. The fourth-order valence-electron chi connectivity index (χ4n) is 2.11. The Labute approximate surface area is 143 Å². The molecule has 1 amide bonds. The predicted molar refractivity (Wildman–Crippen MR) is 89.3 cm³/mol. The van der Waals surface area contributed by atoms with Crippen molar-refractivity contribution < 1.29 is 29.6 Å². The average molecular weight is 346 g/mol. The lowest BCUT2D eigenvalue weighted by Crippen LogP contribution is -2.32. The molecule has 0 spiro atoms. The third-order valence-corrected chi connectivity index (χ3v) is 3.31. The topological polar surface area (TPSA) is 142 Å². The van der Waals surface area contributed by atoms with E-state index in [1.807, 2.05) is 0 Å². The number of hydrogen-bond acceptors (Lipinski definition) is 6. The molecule has 0 heterocycles. The van der Waals surface area contributed by atoms with E-state index in [4.69, 9.17) is 15.6 Å². The molecule has 1 atom stereocenters. The molecule has 25 heavy (non-hydrogen) atoms. The molecule has 0 aliphatic heterocycles. The number of anilines is 1. The maximum absolute atomic E-state index is 11.8. The number of nitrogens with one attached hydrogen (secondary N) is 1. The van der Waals surface area contributed by atoms with E-state index in [2.05, 4.69) is 5.32 Å². The molecule has 8 heteroatoms. The van der Waals surface area contributed by atoms with Gasteiger partial charge < -0.3 is 25.8 Å². The predicted octanol–water partition coefficient (Wildman–Crippen LogP) is 1.80. The van der Waals surface area contributed by atoms with Gasteiger partial charge in [0.2, 0.25) is 0 Å². The van der Waals surface area contributed by atoms with E-state index >= 15 is 0 Å². The highest BCUT2D eigenvalue weighted by Gasteiger charge is 2.12. The van der Waals surface area contributed by atoms with Gasteiger partial charge in [-0.05, 0) is 41.8 Å². The molecule has 2 aromatic carbocycles. The number of phenols is 2. The van der Waals surface area contributed by atoms with Crippen LogP contribution < -0.4 is 11.1 Å². The van der Waals surface area contributed by atoms with Gasteiger partial charge in [-0.1, -0.05) is 12.1 Å². The fourth-order valence-corrected chi connectivity index (χ4v) is 2.11. The summed E-state index contributed by atoms with van der Waals surface area (Å²) in [6.07, 6.45) is -0.529. The van der Waals surface area contributed by atoms with Gasteiger partial charge in [-0.25, -0.2) is 4.79 Å². The Morgan fingerprint density at radius 1 is 1.04 bits per heavy atom. The Bertz CT molecular complexity index is 740. The summed E-state index contributed by atoms with van der Waals surface area (Å²) in [6.45, 7) is -0.126. The molecule has 0 radical (unpaired) electrons. The van der Waals surface area contributed by atoms with Crippen LogP contribution in [-0.4, -0.2) is 33.4 Å². The Morgan fingerprint density at radius 2 is 1.64 bits per heavy atom. The summed E-state index contributed by atoms with van der Waals surface area (Å²) in [5.41, 5.74) is 7.09. The van der Waals surface area contributed by atoms with Crippen LogP contribution >= 0.6 is 0 Å². The number of ether oxygens (including phenoxy) is 1. The van der Waals surface area contributed by atoms with Crippen molar-refractivity contribution in [3.8, 4) is 11.5 Å². The number of phenolic OH excluding ortho intramolecular Hbond substituents is 2. The lowest BCUT2D eigenvalue weighted by Gasteiger charge is -2.09. The number of hydrogen-bond donors (Lipinski definition) is 5. The first-order valence-corrected chi connectivity index (χ1v) is 7.36. The van der Waals surface area contributed by atoms with Gasteiger partial charge in [0.25, 0.3) is 0 Å². The molecule has 2 aromatic rings. The maximum Gasteiger partial charge on any atom is 0.411 e. The van der Waals surface area contributed by atoms with Crippen LogP contribution in [0.15, 0.2) is 42.5 Å². The number of carboxylic acid groups (broad SMARTS) is 1. The minimum Gasteiger partial charge on any atom is -0.508 e. The number of carbonyl (C=O) groups is 2. The first-order valence-electron chi connectivity index (χ1n) is 7.36. The van der Waals surface area contributed by atoms with Crippen LogP contribution in [0, 0.1) is 0 Å². The normalized spacial score (nSPS) is 11.6. The van der Waals surface area contributed by atoms with Crippen molar-refractivity contribution >= 4 is 17.7 Å². The van der Waals surface area contributed by atoms with Gasteiger partial charge in [-0.2, -0.15) is 0 Å². The van der Waals surface area contributed by atoms with Gasteiger partial charge in [0.15, 0.2) is 0 Å². The van der Waals surface area contributed by atoms with Crippen molar-refractivity contribution in [2.75, 3.05) is 5.32 Å². The summed E-state index contributed by atoms with van der Waals surface area (Å²) in [7, 11) is 0. The molecule has 132 valence electrons. The Kier molecular flexibility index (Phi) is 5.80. The number of nitrogens with two attached hydrogens (primary N) is 1. The fraction of sp³-hybridized carbons (Fsp3) is 0.176. The Hall–Kier alpha value is -3.26. The standard InChI is InChI=1S/C17H18N2O6/c18-15(16(22)23)7-10-1-3-12(4-2-10)19-17(24)25-9-11-5-13(20)8-14(21)6-11/h1-6,8,15,20-21H,7,9,18H2,(H,19,24)(H,22,23)/t15-/m0/s1. The summed E-state index contributed by atoms with van der Waals surface area (Å²) in [5.74, 6) is -1.34. The minimum atomic E-state index is -1.08.